The minimum atomic E-state index is -2.95. The third-order valence-corrected chi connectivity index (χ3v) is 5.19. The molecule has 1 aliphatic heterocycles. The van der Waals surface area contributed by atoms with Gasteiger partial charge in [0.25, 0.3) is 0 Å². The molecule has 1 heterocycles. The average molecular weight is 257 g/mol. The van der Waals surface area contributed by atoms with Gasteiger partial charge in [0.1, 0.15) is 5.82 Å². The van der Waals surface area contributed by atoms with Crippen LogP contribution in [0, 0.1) is 11.7 Å². The normalized spacial score (nSPS) is 24.7. The van der Waals surface area contributed by atoms with E-state index in [0.29, 0.717) is 12.0 Å². The van der Waals surface area contributed by atoms with E-state index in [1.807, 2.05) is 0 Å². The molecule has 2 N–H and O–H groups in total. The summed E-state index contributed by atoms with van der Waals surface area (Å²) < 4.78 is 36.6. The average Bonchev–Trinajstić information content (AvgIpc) is 2.63. The summed E-state index contributed by atoms with van der Waals surface area (Å²) in [6, 6.07) is 6.46. The summed E-state index contributed by atoms with van der Waals surface area (Å²) in [5, 5.41) is 0. The molecule has 2 unspecified atom stereocenters. The maximum absolute atomic E-state index is 13.7. The van der Waals surface area contributed by atoms with E-state index in [4.69, 9.17) is 5.73 Å². The van der Waals surface area contributed by atoms with Crippen LogP contribution in [0.3, 0.4) is 0 Å². The van der Waals surface area contributed by atoms with Gasteiger partial charge in [-0.15, -0.1) is 0 Å². The molecule has 17 heavy (non-hydrogen) atoms. The Balaban J connectivity index is 2.26. The van der Waals surface area contributed by atoms with Gasteiger partial charge in [-0.25, -0.2) is 12.8 Å². The quantitative estimate of drug-likeness (QED) is 0.888. The van der Waals surface area contributed by atoms with Crippen molar-refractivity contribution in [2.24, 2.45) is 11.7 Å². The Kier molecular flexibility index (Phi) is 3.49. The van der Waals surface area contributed by atoms with Crippen LogP contribution in [0.4, 0.5) is 4.39 Å². The molecule has 2 rings (SSSR count). The van der Waals surface area contributed by atoms with Crippen LogP contribution >= 0.6 is 0 Å². The zero-order chi connectivity index (χ0) is 12.5. The van der Waals surface area contributed by atoms with Gasteiger partial charge in [-0.05, 0) is 30.5 Å². The van der Waals surface area contributed by atoms with E-state index in [2.05, 4.69) is 0 Å². The van der Waals surface area contributed by atoms with Crippen LogP contribution in [0.2, 0.25) is 0 Å². The fraction of sp³-hybridized carbons (Fsp3) is 0.500. The first kappa shape index (κ1) is 12.5. The maximum Gasteiger partial charge on any atom is 0.150 e. The number of hydrogen-bond donors (Lipinski definition) is 1. The first-order valence-electron chi connectivity index (χ1n) is 5.68. The van der Waals surface area contributed by atoms with Crippen molar-refractivity contribution in [3.8, 4) is 0 Å². The van der Waals surface area contributed by atoms with Crippen LogP contribution in [0.1, 0.15) is 17.9 Å². The van der Waals surface area contributed by atoms with E-state index in [1.54, 1.807) is 18.2 Å². The molecule has 1 aliphatic rings. The van der Waals surface area contributed by atoms with E-state index in [0.717, 1.165) is 0 Å². The van der Waals surface area contributed by atoms with Gasteiger partial charge in [-0.3, -0.25) is 0 Å². The lowest BCUT2D eigenvalue weighted by atomic mass is 9.85. The van der Waals surface area contributed by atoms with E-state index in [9.17, 15) is 12.8 Å². The van der Waals surface area contributed by atoms with Crippen LogP contribution in [0.25, 0.3) is 0 Å². The molecule has 0 radical (unpaired) electrons. The Hall–Kier alpha value is -0.940. The molecular weight excluding hydrogens is 241 g/mol. The predicted octanol–water partition coefficient (Wildman–Crippen LogP) is 1.30. The number of nitrogens with two attached hydrogens (primary N) is 1. The van der Waals surface area contributed by atoms with Crippen molar-refractivity contribution in [3.05, 3.63) is 35.6 Å². The van der Waals surface area contributed by atoms with Crippen molar-refractivity contribution >= 4 is 9.84 Å². The lowest BCUT2D eigenvalue weighted by Crippen LogP contribution is -2.23. The monoisotopic (exact) mass is 257 g/mol. The van der Waals surface area contributed by atoms with Crippen molar-refractivity contribution in [3.63, 3.8) is 0 Å². The smallest absolute Gasteiger partial charge is 0.150 e. The molecule has 0 amide bonds. The van der Waals surface area contributed by atoms with Crippen LogP contribution in [0.15, 0.2) is 24.3 Å². The molecule has 1 aromatic rings. The summed E-state index contributed by atoms with van der Waals surface area (Å²) in [5.74, 6) is -0.228. The van der Waals surface area contributed by atoms with Crippen LogP contribution in [-0.2, 0) is 9.84 Å². The molecule has 3 nitrogen and oxygen atoms in total. The Labute approximate surface area is 101 Å². The number of sulfone groups is 1. The Morgan fingerprint density at radius 1 is 1.41 bits per heavy atom. The minimum absolute atomic E-state index is 0.0538. The summed E-state index contributed by atoms with van der Waals surface area (Å²) in [6.45, 7) is 0.279. The van der Waals surface area contributed by atoms with Crippen LogP contribution < -0.4 is 5.73 Å². The molecule has 0 bridgehead atoms. The summed E-state index contributed by atoms with van der Waals surface area (Å²) in [5.41, 5.74) is 6.22. The third-order valence-electron chi connectivity index (χ3n) is 3.40. The van der Waals surface area contributed by atoms with E-state index < -0.39 is 9.84 Å². The second-order valence-corrected chi connectivity index (χ2v) is 6.76. The fourth-order valence-corrected chi connectivity index (χ4v) is 4.37. The molecule has 0 spiro atoms. The van der Waals surface area contributed by atoms with Gasteiger partial charge in [0.2, 0.25) is 0 Å². The van der Waals surface area contributed by atoms with Gasteiger partial charge in [0, 0.05) is 5.92 Å². The maximum atomic E-state index is 13.7. The molecule has 0 saturated carbocycles. The standard InChI is InChI=1S/C12H16FNO2S/c13-12-4-2-1-3-10(12)11(7-14)9-5-6-17(15,16)8-9/h1-4,9,11H,5-8,14H2. The van der Waals surface area contributed by atoms with E-state index in [-0.39, 0.29) is 35.7 Å². The second kappa shape index (κ2) is 4.74. The van der Waals surface area contributed by atoms with Crippen LogP contribution in [0.5, 0.6) is 0 Å². The molecule has 1 fully saturated rings. The Bertz CT molecular complexity index is 501. The third kappa shape index (κ3) is 2.66. The molecule has 1 saturated heterocycles. The van der Waals surface area contributed by atoms with Crippen molar-refractivity contribution in [1.29, 1.82) is 0 Å². The van der Waals surface area contributed by atoms with Gasteiger partial charge in [0.15, 0.2) is 9.84 Å². The topological polar surface area (TPSA) is 60.2 Å². The molecule has 0 aromatic heterocycles. The largest absolute Gasteiger partial charge is 0.330 e. The first-order valence-corrected chi connectivity index (χ1v) is 7.50. The number of benzene rings is 1. The molecule has 94 valence electrons. The fourth-order valence-electron chi connectivity index (χ4n) is 2.49. The zero-order valence-corrected chi connectivity index (χ0v) is 10.3. The SMILES string of the molecule is NCC(c1ccccc1F)C1CCS(=O)(=O)C1. The zero-order valence-electron chi connectivity index (χ0n) is 9.47. The second-order valence-electron chi connectivity index (χ2n) is 4.53. The van der Waals surface area contributed by atoms with Crippen molar-refractivity contribution in [2.45, 2.75) is 12.3 Å². The van der Waals surface area contributed by atoms with E-state index in [1.165, 1.54) is 6.07 Å². The highest BCUT2D eigenvalue weighted by Crippen LogP contribution is 2.33. The minimum Gasteiger partial charge on any atom is -0.330 e. The highest BCUT2D eigenvalue weighted by Gasteiger charge is 2.34. The number of halogens is 1. The molecule has 5 heteroatoms. The molecular formula is C12H16FNO2S. The van der Waals surface area contributed by atoms with Crippen LogP contribution in [-0.4, -0.2) is 26.5 Å². The van der Waals surface area contributed by atoms with Gasteiger partial charge in [0.05, 0.1) is 11.5 Å². The van der Waals surface area contributed by atoms with Gasteiger partial charge in [-0.2, -0.15) is 0 Å². The summed E-state index contributed by atoms with van der Waals surface area (Å²) >= 11 is 0. The summed E-state index contributed by atoms with van der Waals surface area (Å²) in [4.78, 5) is 0. The predicted molar refractivity (Wildman–Crippen MR) is 65.0 cm³/mol. The summed E-state index contributed by atoms with van der Waals surface area (Å²) in [6.07, 6.45) is 0.582. The highest BCUT2D eigenvalue weighted by atomic mass is 32.2. The van der Waals surface area contributed by atoms with Gasteiger partial charge >= 0.3 is 0 Å². The van der Waals surface area contributed by atoms with Gasteiger partial charge in [-0.1, -0.05) is 18.2 Å². The molecule has 2 atom stereocenters. The first-order chi connectivity index (χ1) is 8.03. The number of rotatable bonds is 3. The van der Waals surface area contributed by atoms with Crippen molar-refractivity contribution in [2.75, 3.05) is 18.1 Å². The van der Waals surface area contributed by atoms with Crippen molar-refractivity contribution in [1.82, 2.24) is 0 Å². The Morgan fingerprint density at radius 3 is 2.65 bits per heavy atom. The highest BCUT2D eigenvalue weighted by molar-refractivity contribution is 7.91. The van der Waals surface area contributed by atoms with Gasteiger partial charge < -0.3 is 5.73 Å². The summed E-state index contributed by atoms with van der Waals surface area (Å²) in [7, 11) is -2.95. The Morgan fingerprint density at radius 2 is 2.12 bits per heavy atom. The van der Waals surface area contributed by atoms with Crippen molar-refractivity contribution < 1.29 is 12.8 Å². The van der Waals surface area contributed by atoms with E-state index >= 15 is 0 Å². The lowest BCUT2D eigenvalue weighted by molar-refractivity contribution is 0.454. The lowest BCUT2D eigenvalue weighted by Gasteiger charge is -2.21. The molecule has 0 aliphatic carbocycles. The number of hydrogen-bond acceptors (Lipinski definition) is 3. The molecule has 1 aromatic carbocycles.